The summed E-state index contributed by atoms with van der Waals surface area (Å²) in [6.45, 7) is 0.463. The van der Waals surface area contributed by atoms with Gasteiger partial charge in [-0.25, -0.2) is 4.39 Å². The predicted molar refractivity (Wildman–Crippen MR) is 68.0 cm³/mol. The van der Waals surface area contributed by atoms with E-state index >= 15 is 0 Å². The molecule has 19 heavy (non-hydrogen) atoms. The van der Waals surface area contributed by atoms with Crippen molar-refractivity contribution in [1.29, 1.82) is 0 Å². The molecule has 0 aromatic heterocycles. The van der Waals surface area contributed by atoms with Crippen molar-refractivity contribution in [3.63, 3.8) is 0 Å². The maximum absolute atomic E-state index is 13.1. The minimum atomic E-state index is -0.444. The van der Waals surface area contributed by atoms with Crippen LogP contribution in [0.5, 0.6) is 0 Å². The number of carbonyl (C=O) groups is 1. The average molecular weight is 264 g/mol. The van der Waals surface area contributed by atoms with Gasteiger partial charge < -0.3 is 15.7 Å². The number of benzene rings is 1. The summed E-state index contributed by atoms with van der Waals surface area (Å²) in [6, 6.07) is 4.36. The maximum atomic E-state index is 13.1. The van der Waals surface area contributed by atoms with E-state index in [2.05, 4.69) is 10.6 Å². The minimum absolute atomic E-state index is 0.0392. The van der Waals surface area contributed by atoms with E-state index in [9.17, 15) is 14.3 Å². The number of aryl methyl sites for hydroxylation is 1. The zero-order valence-electron chi connectivity index (χ0n) is 10.5. The first kappa shape index (κ1) is 12.6. The maximum Gasteiger partial charge on any atom is 0.237 e. The zero-order chi connectivity index (χ0) is 13.4. The third-order valence-electron chi connectivity index (χ3n) is 3.92. The van der Waals surface area contributed by atoms with Gasteiger partial charge >= 0.3 is 0 Å². The molecule has 1 heterocycles. The second-order valence-electron chi connectivity index (χ2n) is 5.29. The number of amides is 1. The van der Waals surface area contributed by atoms with Gasteiger partial charge in [0.05, 0.1) is 18.2 Å². The van der Waals surface area contributed by atoms with E-state index in [1.165, 1.54) is 6.07 Å². The highest BCUT2D eigenvalue weighted by Crippen LogP contribution is 2.31. The lowest BCUT2D eigenvalue weighted by molar-refractivity contribution is -0.123. The number of β-amino-alcohol motifs (C(OH)–C–C–N with tert-alkyl or cyclic N) is 1. The van der Waals surface area contributed by atoms with E-state index in [4.69, 9.17) is 0 Å². The lowest BCUT2D eigenvalue weighted by atomic mass is 10.1. The van der Waals surface area contributed by atoms with Crippen LogP contribution in [0.15, 0.2) is 18.2 Å². The van der Waals surface area contributed by atoms with Crippen LogP contribution in [0.4, 0.5) is 4.39 Å². The highest BCUT2D eigenvalue weighted by atomic mass is 19.1. The third kappa shape index (κ3) is 2.48. The molecule has 3 atom stereocenters. The number of nitrogens with one attached hydrogen (secondary N) is 2. The molecule has 4 nitrogen and oxygen atoms in total. The molecular weight excluding hydrogens is 247 g/mol. The molecule has 5 heteroatoms. The first-order valence-corrected chi connectivity index (χ1v) is 6.63. The number of halogens is 1. The van der Waals surface area contributed by atoms with E-state index in [0.29, 0.717) is 13.0 Å². The zero-order valence-corrected chi connectivity index (χ0v) is 10.5. The summed E-state index contributed by atoms with van der Waals surface area (Å²) in [6.07, 6.45) is 1.61. The van der Waals surface area contributed by atoms with E-state index in [-0.39, 0.29) is 23.8 Å². The Bertz CT molecular complexity index is 506. The molecule has 1 saturated heterocycles. The fourth-order valence-corrected chi connectivity index (χ4v) is 2.93. The molecule has 0 bridgehead atoms. The second kappa shape index (κ2) is 4.90. The van der Waals surface area contributed by atoms with Gasteiger partial charge in [-0.1, -0.05) is 6.07 Å². The van der Waals surface area contributed by atoms with Gasteiger partial charge in [-0.2, -0.15) is 0 Å². The molecule has 1 amide bonds. The molecule has 1 aliphatic carbocycles. The predicted octanol–water partition coefficient (Wildman–Crippen LogP) is 0.652. The van der Waals surface area contributed by atoms with Gasteiger partial charge in [-0.05, 0) is 42.5 Å². The van der Waals surface area contributed by atoms with Crippen LogP contribution in [-0.4, -0.2) is 29.7 Å². The Balaban J connectivity index is 1.68. The van der Waals surface area contributed by atoms with E-state index in [1.807, 2.05) is 0 Å². The van der Waals surface area contributed by atoms with Crippen molar-refractivity contribution in [3.05, 3.63) is 35.1 Å². The van der Waals surface area contributed by atoms with Gasteiger partial charge in [0.1, 0.15) is 5.82 Å². The van der Waals surface area contributed by atoms with Crippen LogP contribution in [-0.2, 0) is 11.2 Å². The van der Waals surface area contributed by atoms with E-state index in [1.54, 1.807) is 12.1 Å². The number of carbonyl (C=O) groups excluding carboxylic acids is 1. The Morgan fingerprint density at radius 1 is 1.47 bits per heavy atom. The van der Waals surface area contributed by atoms with Gasteiger partial charge in [0.15, 0.2) is 0 Å². The van der Waals surface area contributed by atoms with Gasteiger partial charge in [0.25, 0.3) is 0 Å². The summed E-state index contributed by atoms with van der Waals surface area (Å²) in [5.74, 6) is -0.315. The van der Waals surface area contributed by atoms with Gasteiger partial charge in [0.2, 0.25) is 5.91 Å². The lowest BCUT2D eigenvalue weighted by Crippen LogP contribution is -2.41. The van der Waals surface area contributed by atoms with Crippen molar-refractivity contribution in [2.45, 2.75) is 37.5 Å². The Morgan fingerprint density at radius 2 is 2.32 bits per heavy atom. The Hall–Kier alpha value is -1.46. The van der Waals surface area contributed by atoms with Crippen molar-refractivity contribution in [3.8, 4) is 0 Å². The molecule has 1 aliphatic heterocycles. The normalized spacial score (nSPS) is 29.3. The van der Waals surface area contributed by atoms with Gasteiger partial charge in [0, 0.05) is 6.54 Å². The van der Waals surface area contributed by atoms with Crippen molar-refractivity contribution in [2.24, 2.45) is 0 Å². The van der Waals surface area contributed by atoms with E-state index in [0.717, 1.165) is 24.0 Å². The van der Waals surface area contributed by atoms with Crippen molar-refractivity contribution >= 4 is 5.91 Å². The summed E-state index contributed by atoms with van der Waals surface area (Å²) in [5, 5.41) is 15.4. The molecule has 2 aliphatic rings. The molecule has 0 radical (unpaired) electrons. The average Bonchev–Trinajstić information content (AvgIpc) is 2.96. The Labute approximate surface area is 111 Å². The summed E-state index contributed by atoms with van der Waals surface area (Å²) < 4.78 is 13.1. The number of hydrogen-bond acceptors (Lipinski definition) is 3. The Morgan fingerprint density at radius 3 is 3.05 bits per heavy atom. The quantitative estimate of drug-likeness (QED) is 0.735. The topological polar surface area (TPSA) is 61.4 Å². The molecule has 1 fully saturated rings. The molecule has 102 valence electrons. The van der Waals surface area contributed by atoms with Crippen LogP contribution in [0.2, 0.25) is 0 Å². The molecule has 0 saturated carbocycles. The molecule has 3 unspecified atom stereocenters. The third-order valence-corrected chi connectivity index (χ3v) is 3.92. The van der Waals surface area contributed by atoms with Crippen LogP contribution in [0, 0.1) is 5.82 Å². The fourth-order valence-electron chi connectivity index (χ4n) is 2.93. The molecule has 1 aromatic carbocycles. The smallest absolute Gasteiger partial charge is 0.237 e. The standard InChI is InChI=1S/C14H17FN2O2/c15-9-2-3-11-8(5-9)1-4-12(11)17-14(19)13-6-10(18)7-16-13/h2-3,5,10,12-13,16,18H,1,4,6-7H2,(H,17,19). The minimum Gasteiger partial charge on any atom is -0.392 e. The summed E-state index contributed by atoms with van der Waals surface area (Å²) in [5.41, 5.74) is 1.98. The number of hydrogen-bond donors (Lipinski definition) is 3. The first-order valence-electron chi connectivity index (χ1n) is 6.63. The first-order chi connectivity index (χ1) is 9.13. The summed E-state index contributed by atoms with van der Waals surface area (Å²) >= 11 is 0. The van der Waals surface area contributed by atoms with Crippen LogP contribution < -0.4 is 10.6 Å². The number of aliphatic hydroxyl groups excluding tert-OH is 1. The molecular formula is C14H17FN2O2. The molecule has 3 rings (SSSR count). The van der Waals surface area contributed by atoms with Crippen molar-refractivity contribution < 1.29 is 14.3 Å². The second-order valence-corrected chi connectivity index (χ2v) is 5.29. The van der Waals surface area contributed by atoms with Crippen LogP contribution in [0.25, 0.3) is 0 Å². The van der Waals surface area contributed by atoms with Crippen LogP contribution in [0.1, 0.15) is 30.0 Å². The van der Waals surface area contributed by atoms with Crippen molar-refractivity contribution in [1.82, 2.24) is 10.6 Å². The molecule has 3 N–H and O–H groups in total. The SMILES string of the molecule is O=C(NC1CCc2cc(F)ccc21)C1CC(O)CN1. The van der Waals surface area contributed by atoms with Crippen molar-refractivity contribution in [2.75, 3.05) is 6.54 Å². The molecule has 1 aromatic rings. The summed E-state index contributed by atoms with van der Waals surface area (Å²) in [7, 11) is 0. The number of fused-ring (bicyclic) bond motifs is 1. The number of aliphatic hydroxyl groups is 1. The van der Waals surface area contributed by atoms with Gasteiger partial charge in [-0.3, -0.25) is 4.79 Å². The number of rotatable bonds is 2. The van der Waals surface area contributed by atoms with Crippen LogP contribution >= 0.6 is 0 Å². The fraction of sp³-hybridized carbons (Fsp3) is 0.500. The highest BCUT2D eigenvalue weighted by molar-refractivity contribution is 5.82. The van der Waals surface area contributed by atoms with Gasteiger partial charge in [-0.15, -0.1) is 0 Å². The summed E-state index contributed by atoms with van der Waals surface area (Å²) in [4.78, 5) is 12.1. The highest BCUT2D eigenvalue weighted by Gasteiger charge is 2.31. The lowest BCUT2D eigenvalue weighted by Gasteiger charge is -2.17. The van der Waals surface area contributed by atoms with Crippen LogP contribution in [0.3, 0.4) is 0 Å². The largest absolute Gasteiger partial charge is 0.392 e. The van der Waals surface area contributed by atoms with E-state index < -0.39 is 6.10 Å². The molecule has 0 spiro atoms. The Kier molecular flexibility index (Phi) is 3.24. The monoisotopic (exact) mass is 264 g/mol.